The monoisotopic (exact) mass is 337 g/mol. The van der Waals surface area contributed by atoms with E-state index in [9.17, 15) is 9.90 Å². The molecule has 0 spiro atoms. The number of ether oxygens (including phenoxy) is 1. The van der Waals surface area contributed by atoms with Gasteiger partial charge in [-0.2, -0.15) is 0 Å². The summed E-state index contributed by atoms with van der Waals surface area (Å²) in [6, 6.07) is 5.75. The Bertz CT molecular complexity index is 555. The van der Waals surface area contributed by atoms with Crippen molar-refractivity contribution in [2.75, 3.05) is 26.4 Å². The predicted octanol–water partition coefficient (Wildman–Crippen LogP) is 2.81. The van der Waals surface area contributed by atoms with E-state index in [1.807, 2.05) is 25.1 Å². The maximum absolute atomic E-state index is 12.2. The zero-order chi connectivity index (χ0) is 16.8. The summed E-state index contributed by atoms with van der Waals surface area (Å²) in [5, 5.41) is 10.4. The molecule has 2 unspecified atom stereocenters. The van der Waals surface area contributed by atoms with E-state index < -0.39 is 0 Å². The number of aliphatic hydroxyl groups excluding tert-OH is 1. The molecule has 0 saturated carbocycles. The molecule has 0 aromatic heterocycles. The number of amides is 1. The third-order valence-corrected chi connectivity index (χ3v) is 4.83. The number of carbonyl (C=O) groups excluding carboxylic acids is 1. The van der Waals surface area contributed by atoms with E-state index in [2.05, 4.69) is 6.58 Å². The van der Waals surface area contributed by atoms with Crippen LogP contribution < -0.4 is 0 Å². The minimum atomic E-state index is -0.130. The Kier molecular flexibility index (Phi) is 6.63. The Morgan fingerprint density at radius 3 is 2.96 bits per heavy atom. The quantitative estimate of drug-likeness (QED) is 0.778. The Labute approximate surface area is 142 Å². The molecule has 0 aliphatic carbocycles. The molecular weight excluding hydrogens is 314 g/mol. The van der Waals surface area contributed by atoms with Crippen molar-refractivity contribution < 1.29 is 14.6 Å². The van der Waals surface area contributed by atoms with Gasteiger partial charge in [0.2, 0.25) is 5.91 Å². The fourth-order valence-electron chi connectivity index (χ4n) is 2.95. The Balaban J connectivity index is 2.10. The first-order valence-corrected chi connectivity index (χ1v) is 8.28. The van der Waals surface area contributed by atoms with E-state index in [-0.39, 0.29) is 18.4 Å². The first kappa shape index (κ1) is 18.0. The minimum Gasteiger partial charge on any atom is -0.396 e. The lowest BCUT2D eigenvalue weighted by molar-refractivity contribution is -0.127. The molecule has 1 saturated heterocycles. The summed E-state index contributed by atoms with van der Waals surface area (Å²) in [5.41, 5.74) is 2.00. The third kappa shape index (κ3) is 4.80. The van der Waals surface area contributed by atoms with E-state index in [0.717, 1.165) is 24.2 Å². The normalized spacial score (nSPS) is 18.7. The van der Waals surface area contributed by atoms with Crippen molar-refractivity contribution in [3.63, 3.8) is 0 Å². The molecule has 5 heteroatoms. The highest BCUT2D eigenvalue weighted by molar-refractivity contribution is 6.31. The second-order valence-electron chi connectivity index (χ2n) is 6.07. The summed E-state index contributed by atoms with van der Waals surface area (Å²) in [6.07, 6.45) is 2.25. The van der Waals surface area contributed by atoms with Crippen LogP contribution in [0.5, 0.6) is 0 Å². The predicted molar refractivity (Wildman–Crippen MR) is 91.3 cm³/mol. The summed E-state index contributed by atoms with van der Waals surface area (Å²) in [7, 11) is 0. The number of halogens is 1. The second-order valence-corrected chi connectivity index (χ2v) is 6.48. The molecule has 0 bridgehead atoms. The van der Waals surface area contributed by atoms with Crippen molar-refractivity contribution in [2.24, 2.45) is 11.8 Å². The van der Waals surface area contributed by atoms with Gasteiger partial charge in [0.15, 0.2) is 0 Å². The average Bonchev–Trinajstić information content (AvgIpc) is 3.08. The topological polar surface area (TPSA) is 49.8 Å². The highest BCUT2D eigenvalue weighted by Gasteiger charge is 2.28. The molecular formula is C18H24ClNO3. The van der Waals surface area contributed by atoms with Gasteiger partial charge < -0.3 is 14.7 Å². The Morgan fingerprint density at radius 2 is 2.39 bits per heavy atom. The summed E-state index contributed by atoms with van der Waals surface area (Å²) in [5.74, 6) is 0.192. The van der Waals surface area contributed by atoms with Gasteiger partial charge in [0.25, 0.3) is 0 Å². The van der Waals surface area contributed by atoms with E-state index >= 15 is 0 Å². The van der Waals surface area contributed by atoms with E-state index in [1.165, 1.54) is 6.08 Å². The second kappa shape index (κ2) is 8.48. The summed E-state index contributed by atoms with van der Waals surface area (Å²) >= 11 is 6.06. The number of hydrogen-bond donors (Lipinski definition) is 1. The molecule has 1 N–H and O–H groups in total. The van der Waals surface area contributed by atoms with Crippen LogP contribution in [-0.4, -0.2) is 42.3 Å². The molecule has 1 amide bonds. The number of aliphatic hydroxyl groups is 1. The standard InChI is InChI=1S/C18H24ClNO3/c1-3-18(22)20(9-14-4-5-17(19)13(2)8-14)10-16(11-21)15-6-7-23-12-15/h3-5,8,15-16,21H,1,6-7,9-12H2,2H3. The number of carbonyl (C=O) groups is 1. The van der Waals surface area contributed by atoms with Crippen molar-refractivity contribution >= 4 is 17.5 Å². The van der Waals surface area contributed by atoms with Crippen LogP contribution >= 0.6 is 11.6 Å². The number of nitrogens with zero attached hydrogens (tertiary/aromatic N) is 1. The molecule has 1 aliphatic heterocycles. The SMILES string of the molecule is C=CC(=O)N(Cc1ccc(Cl)c(C)c1)CC(CO)C1CCOC1. The van der Waals surface area contributed by atoms with Crippen LogP contribution in [0.1, 0.15) is 17.5 Å². The smallest absolute Gasteiger partial charge is 0.246 e. The van der Waals surface area contributed by atoms with Gasteiger partial charge >= 0.3 is 0 Å². The maximum atomic E-state index is 12.2. The summed E-state index contributed by atoms with van der Waals surface area (Å²) < 4.78 is 5.41. The van der Waals surface area contributed by atoms with Gasteiger partial charge in [0.05, 0.1) is 0 Å². The zero-order valence-corrected chi connectivity index (χ0v) is 14.3. The number of aryl methyl sites for hydroxylation is 1. The summed E-state index contributed by atoms with van der Waals surface area (Å²) in [6.45, 7) is 7.94. The number of benzene rings is 1. The minimum absolute atomic E-state index is 0.0230. The lowest BCUT2D eigenvalue weighted by Crippen LogP contribution is -2.38. The molecule has 1 aromatic rings. The molecule has 2 rings (SSSR count). The van der Waals surface area contributed by atoms with Crippen molar-refractivity contribution in [1.29, 1.82) is 0 Å². The molecule has 4 nitrogen and oxygen atoms in total. The molecule has 1 fully saturated rings. The molecule has 1 heterocycles. The number of rotatable bonds is 7. The van der Waals surface area contributed by atoms with Gasteiger partial charge in [-0.05, 0) is 42.5 Å². The fraction of sp³-hybridized carbons (Fsp3) is 0.500. The molecule has 2 atom stereocenters. The molecule has 126 valence electrons. The van der Waals surface area contributed by atoms with Crippen molar-refractivity contribution in [1.82, 2.24) is 4.90 Å². The summed E-state index contributed by atoms with van der Waals surface area (Å²) in [4.78, 5) is 13.9. The molecule has 23 heavy (non-hydrogen) atoms. The van der Waals surface area contributed by atoms with Gasteiger partial charge in [-0.3, -0.25) is 4.79 Å². The van der Waals surface area contributed by atoms with Crippen molar-refractivity contribution in [3.05, 3.63) is 47.0 Å². The Hall–Kier alpha value is -1.36. The van der Waals surface area contributed by atoms with Crippen LogP contribution in [0.2, 0.25) is 5.02 Å². The Morgan fingerprint density at radius 1 is 1.61 bits per heavy atom. The first-order chi connectivity index (χ1) is 11.0. The van der Waals surface area contributed by atoms with Gasteiger partial charge in [-0.1, -0.05) is 30.3 Å². The molecule has 0 radical (unpaired) electrons. The van der Waals surface area contributed by atoms with E-state index in [0.29, 0.717) is 30.6 Å². The van der Waals surface area contributed by atoms with Crippen LogP contribution in [0.4, 0.5) is 0 Å². The fourth-order valence-corrected chi connectivity index (χ4v) is 3.07. The van der Waals surface area contributed by atoms with Crippen molar-refractivity contribution in [2.45, 2.75) is 19.9 Å². The number of hydrogen-bond acceptors (Lipinski definition) is 3. The lowest BCUT2D eigenvalue weighted by Gasteiger charge is -2.29. The van der Waals surface area contributed by atoms with Crippen LogP contribution in [0, 0.1) is 18.8 Å². The van der Waals surface area contributed by atoms with Crippen LogP contribution in [0.25, 0.3) is 0 Å². The van der Waals surface area contributed by atoms with E-state index in [1.54, 1.807) is 4.90 Å². The van der Waals surface area contributed by atoms with Gasteiger partial charge in [-0.15, -0.1) is 0 Å². The highest BCUT2D eigenvalue weighted by Crippen LogP contribution is 2.24. The van der Waals surface area contributed by atoms with Gasteiger partial charge in [0.1, 0.15) is 0 Å². The van der Waals surface area contributed by atoms with Crippen LogP contribution in [0.3, 0.4) is 0 Å². The highest BCUT2D eigenvalue weighted by atomic mass is 35.5. The van der Waals surface area contributed by atoms with Crippen LogP contribution in [-0.2, 0) is 16.1 Å². The average molecular weight is 338 g/mol. The van der Waals surface area contributed by atoms with Crippen LogP contribution in [0.15, 0.2) is 30.9 Å². The van der Waals surface area contributed by atoms with Gasteiger partial charge in [-0.25, -0.2) is 0 Å². The zero-order valence-electron chi connectivity index (χ0n) is 13.5. The molecule has 1 aliphatic rings. The maximum Gasteiger partial charge on any atom is 0.246 e. The van der Waals surface area contributed by atoms with E-state index in [4.69, 9.17) is 16.3 Å². The molecule has 1 aromatic carbocycles. The third-order valence-electron chi connectivity index (χ3n) is 4.40. The van der Waals surface area contributed by atoms with Gasteiger partial charge in [0, 0.05) is 43.9 Å². The van der Waals surface area contributed by atoms with Crippen molar-refractivity contribution in [3.8, 4) is 0 Å². The lowest BCUT2D eigenvalue weighted by atomic mass is 9.91. The largest absolute Gasteiger partial charge is 0.396 e. The first-order valence-electron chi connectivity index (χ1n) is 7.90.